The standard InChI is InChI=1S/C13H27N3/c1-15-8-4-9-16(12-11-15)10-6-13-5-2-3-7-14-13/h13-14H,2-12H2,1H3. The van der Waals surface area contributed by atoms with Gasteiger partial charge in [-0.25, -0.2) is 0 Å². The van der Waals surface area contributed by atoms with Crippen molar-refractivity contribution < 1.29 is 0 Å². The summed E-state index contributed by atoms with van der Waals surface area (Å²) >= 11 is 0. The van der Waals surface area contributed by atoms with Crippen LogP contribution in [0.3, 0.4) is 0 Å². The van der Waals surface area contributed by atoms with Gasteiger partial charge in [-0.1, -0.05) is 6.42 Å². The molecule has 0 amide bonds. The van der Waals surface area contributed by atoms with Gasteiger partial charge in [-0.3, -0.25) is 0 Å². The molecule has 0 aromatic rings. The monoisotopic (exact) mass is 225 g/mol. The van der Waals surface area contributed by atoms with Crippen LogP contribution in [0, 0.1) is 0 Å². The molecule has 2 aliphatic heterocycles. The van der Waals surface area contributed by atoms with Crippen LogP contribution in [0.1, 0.15) is 32.1 Å². The van der Waals surface area contributed by atoms with Crippen LogP contribution < -0.4 is 5.32 Å². The molecule has 3 heteroatoms. The van der Waals surface area contributed by atoms with Crippen molar-refractivity contribution in [1.82, 2.24) is 15.1 Å². The quantitative estimate of drug-likeness (QED) is 0.777. The molecule has 2 rings (SSSR count). The van der Waals surface area contributed by atoms with Crippen LogP contribution in [-0.2, 0) is 0 Å². The van der Waals surface area contributed by atoms with E-state index in [1.165, 1.54) is 71.4 Å². The van der Waals surface area contributed by atoms with Crippen molar-refractivity contribution in [3.8, 4) is 0 Å². The van der Waals surface area contributed by atoms with Gasteiger partial charge < -0.3 is 15.1 Å². The molecular weight excluding hydrogens is 198 g/mol. The van der Waals surface area contributed by atoms with Crippen molar-refractivity contribution in [2.75, 3.05) is 46.3 Å². The van der Waals surface area contributed by atoms with Crippen molar-refractivity contribution in [2.24, 2.45) is 0 Å². The van der Waals surface area contributed by atoms with Gasteiger partial charge in [-0.15, -0.1) is 0 Å². The zero-order valence-electron chi connectivity index (χ0n) is 10.7. The zero-order valence-corrected chi connectivity index (χ0v) is 10.7. The Labute approximate surface area is 100 Å². The number of nitrogens with one attached hydrogen (secondary N) is 1. The van der Waals surface area contributed by atoms with Crippen molar-refractivity contribution >= 4 is 0 Å². The van der Waals surface area contributed by atoms with E-state index in [9.17, 15) is 0 Å². The molecule has 0 saturated carbocycles. The summed E-state index contributed by atoms with van der Waals surface area (Å²) in [7, 11) is 2.24. The lowest BCUT2D eigenvalue weighted by Gasteiger charge is -2.27. The molecule has 0 aromatic heterocycles. The summed E-state index contributed by atoms with van der Waals surface area (Å²) in [6, 6.07) is 0.801. The Morgan fingerprint density at radius 2 is 2.00 bits per heavy atom. The molecule has 3 nitrogen and oxygen atoms in total. The summed E-state index contributed by atoms with van der Waals surface area (Å²) < 4.78 is 0. The second-order valence-corrected chi connectivity index (χ2v) is 5.43. The number of hydrogen-bond donors (Lipinski definition) is 1. The van der Waals surface area contributed by atoms with E-state index in [-0.39, 0.29) is 0 Å². The van der Waals surface area contributed by atoms with Gasteiger partial charge in [0.1, 0.15) is 0 Å². The average Bonchev–Trinajstić information content (AvgIpc) is 2.53. The zero-order chi connectivity index (χ0) is 11.2. The SMILES string of the molecule is CN1CCCN(CCC2CCCCN2)CC1. The lowest BCUT2D eigenvalue weighted by Crippen LogP contribution is -2.38. The molecule has 2 heterocycles. The van der Waals surface area contributed by atoms with Gasteiger partial charge in [0.15, 0.2) is 0 Å². The summed E-state index contributed by atoms with van der Waals surface area (Å²) in [6.45, 7) is 7.63. The maximum absolute atomic E-state index is 3.65. The molecule has 16 heavy (non-hydrogen) atoms. The highest BCUT2D eigenvalue weighted by atomic mass is 15.2. The number of rotatable bonds is 3. The molecule has 0 aliphatic carbocycles. The smallest absolute Gasteiger partial charge is 0.0109 e. The number of nitrogens with zero attached hydrogens (tertiary/aromatic N) is 2. The van der Waals surface area contributed by atoms with Crippen LogP contribution in [-0.4, -0.2) is 62.2 Å². The third-order valence-corrected chi connectivity index (χ3v) is 4.02. The lowest BCUT2D eigenvalue weighted by atomic mass is 10.0. The first-order valence-electron chi connectivity index (χ1n) is 6.99. The normalized spacial score (nSPS) is 30.2. The molecule has 0 radical (unpaired) electrons. The number of likely N-dealkylation sites (N-methyl/N-ethyl adjacent to an activating group) is 1. The van der Waals surface area contributed by atoms with E-state index in [4.69, 9.17) is 0 Å². The minimum Gasteiger partial charge on any atom is -0.314 e. The van der Waals surface area contributed by atoms with E-state index in [0.717, 1.165) is 6.04 Å². The van der Waals surface area contributed by atoms with E-state index < -0.39 is 0 Å². The highest BCUT2D eigenvalue weighted by molar-refractivity contribution is 4.75. The van der Waals surface area contributed by atoms with Gasteiger partial charge >= 0.3 is 0 Å². The fraction of sp³-hybridized carbons (Fsp3) is 1.00. The minimum absolute atomic E-state index is 0.801. The topological polar surface area (TPSA) is 18.5 Å². The Balaban J connectivity index is 1.64. The molecule has 1 N–H and O–H groups in total. The van der Waals surface area contributed by atoms with E-state index in [0.29, 0.717) is 0 Å². The van der Waals surface area contributed by atoms with Crippen LogP contribution in [0.5, 0.6) is 0 Å². The van der Waals surface area contributed by atoms with E-state index in [1.54, 1.807) is 0 Å². The highest BCUT2D eigenvalue weighted by Gasteiger charge is 2.16. The first-order valence-corrected chi connectivity index (χ1v) is 6.99. The van der Waals surface area contributed by atoms with Crippen molar-refractivity contribution in [3.05, 3.63) is 0 Å². The summed E-state index contributed by atoms with van der Waals surface area (Å²) in [6.07, 6.45) is 6.90. The van der Waals surface area contributed by atoms with Crippen LogP contribution >= 0.6 is 0 Å². The Morgan fingerprint density at radius 3 is 2.81 bits per heavy atom. The summed E-state index contributed by atoms with van der Waals surface area (Å²) in [4.78, 5) is 5.11. The van der Waals surface area contributed by atoms with Gasteiger partial charge in [-0.2, -0.15) is 0 Å². The molecule has 0 spiro atoms. The molecule has 0 bridgehead atoms. The third kappa shape index (κ3) is 4.04. The van der Waals surface area contributed by atoms with Gasteiger partial charge in [0.25, 0.3) is 0 Å². The highest BCUT2D eigenvalue weighted by Crippen LogP contribution is 2.11. The van der Waals surface area contributed by atoms with Crippen LogP contribution in [0.25, 0.3) is 0 Å². The molecule has 0 aromatic carbocycles. The van der Waals surface area contributed by atoms with Gasteiger partial charge in [0.2, 0.25) is 0 Å². The van der Waals surface area contributed by atoms with E-state index >= 15 is 0 Å². The van der Waals surface area contributed by atoms with Crippen LogP contribution in [0.2, 0.25) is 0 Å². The maximum atomic E-state index is 3.65. The molecule has 94 valence electrons. The Kier molecular flexibility index (Phi) is 5.07. The molecular formula is C13H27N3. The predicted molar refractivity (Wildman–Crippen MR) is 68.8 cm³/mol. The van der Waals surface area contributed by atoms with Gasteiger partial charge in [0.05, 0.1) is 0 Å². The van der Waals surface area contributed by atoms with Crippen LogP contribution in [0.15, 0.2) is 0 Å². The van der Waals surface area contributed by atoms with Crippen molar-refractivity contribution in [2.45, 2.75) is 38.1 Å². The maximum Gasteiger partial charge on any atom is 0.0109 e. The molecule has 1 atom stereocenters. The van der Waals surface area contributed by atoms with Crippen molar-refractivity contribution in [1.29, 1.82) is 0 Å². The summed E-state index contributed by atoms with van der Waals surface area (Å²) in [5, 5.41) is 3.65. The molecule has 2 saturated heterocycles. The Morgan fingerprint density at radius 1 is 1.06 bits per heavy atom. The lowest BCUT2D eigenvalue weighted by molar-refractivity contribution is 0.250. The van der Waals surface area contributed by atoms with Crippen molar-refractivity contribution in [3.63, 3.8) is 0 Å². The minimum atomic E-state index is 0.801. The second-order valence-electron chi connectivity index (χ2n) is 5.43. The average molecular weight is 225 g/mol. The van der Waals surface area contributed by atoms with Gasteiger partial charge in [0, 0.05) is 19.1 Å². The third-order valence-electron chi connectivity index (χ3n) is 4.02. The van der Waals surface area contributed by atoms with Crippen LogP contribution in [0.4, 0.5) is 0 Å². The Bertz CT molecular complexity index is 190. The van der Waals surface area contributed by atoms with E-state index in [2.05, 4.69) is 22.2 Å². The molecule has 2 aliphatic rings. The molecule has 1 unspecified atom stereocenters. The first kappa shape index (κ1) is 12.3. The fourth-order valence-electron chi connectivity index (χ4n) is 2.83. The molecule has 2 fully saturated rings. The Hall–Kier alpha value is -0.120. The number of hydrogen-bond acceptors (Lipinski definition) is 3. The number of piperidine rings is 1. The van der Waals surface area contributed by atoms with Gasteiger partial charge in [-0.05, 0) is 58.9 Å². The second kappa shape index (κ2) is 6.58. The summed E-state index contributed by atoms with van der Waals surface area (Å²) in [5.41, 5.74) is 0. The van der Waals surface area contributed by atoms with E-state index in [1.807, 2.05) is 0 Å². The largest absolute Gasteiger partial charge is 0.314 e. The predicted octanol–water partition coefficient (Wildman–Crippen LogP) is 1.16. The summed E-state index contributed by atoms with van der Waals surface area (Å²) in [5.74, 6) is 0. The first-order chi connectivity index (χ1) is 7.84. The fourth-order valence-corrected chi connectivity index (χ4v) is 2.83.